The van der Waals surface area contributed by atoms with Gasteiger partial charge in [0.2, 0.25) is 0 Å². The first kappa shape index (κ1) is 16.7. The Hall–Kier alpha value is -3.73. The molecule has 27 heavy (non-hydrogen) atoms. The molecule has 4 rings (SSSR count). The Morgan fingerprint density at radius 2 is 1.59 bits per heavy atom. The van der Waals surface area contributed by atoms with Crippen molar-refractivity contribution >= 4 is 23.5 Å². The summed E-state index contributed by atoms with van der Waals surface area (Å²) in [4.78, 5) is 14.7. The van der Waals surface area contributed by atoms with Crippen LogP contribution in [0, 0.1) is 0 Å². The van der Waals surface area contributed by atoms with Crippen LogP contribution in [-0.2, 0) is 11.3 Å². The van der Waals surface area contributed by atoms with Crippen molar-refractivity contribution in [1.29, 1.82) is 0 Å². The molecule has 1 N–H and O–H groups in total. The van der Waals surface area contributed by atoms with Crippen LogP contribution in [-0.4, -0.2) is 22.9 Å². The number of amides is 1. The van der Waals surface area contributed by atoms with Crippen molar-refractivity contribution in [3.05, 3.63) is 95.6 Å². The van der Waals surface area contributed by atoms with E-state index in [1.807, 2.05) is 54.6 Å². The topological polar surface area (TPSA) is 65.3 Å². The van der Waals surface area contributed by atoms with E-state index in [9.17, 15) is 9.90 Å². The van der Waals surface area contributed by atoms with Gasteiger partial charge in [0.25, 0.3) is 5.91 Å². The third kappa shape index (κ3) is 3.35. The lowest BCUT2D eigenvalue weighted by molar-refractivity contribution is -0.112. The Kier molecular flexibility index (Phi) is 4.49. The van der Waals surface area contributed by atoms with Gasteiger partial charge in [-0.3, -0.25) is 4.79 Å². The standard InChI is InChI=1S/C22H17N3O2/c26-20-13-7-4-10-17(20)14-23-24-21-18-11-5-6-12-19(18)25(22(21)27)15-16-8-2-1-3-9-16/h1-14,26H,15H2/b23-14+,24-21-. The fraction of sp³-hybridized carbons (Fsp3) is 0.0455. The molecule has 0 radical (unpaired) electrons. The van der Waals surface area contributed by atoms with Gasteiger partial charge in [0.15, 0.2) is 5.71 Å². The highest BCUT2D eigenvalue weighted by atomic mass is 16.3. The first-order valence-corrected chi connectivity index (χ1v) is 8.58. The molecule has 5 heteroatoms. The molecule has 132 valence electrons. The molecule has 0 bridgehead atoms. The average Bonchev–Trinajstić information content (AvgIpc) is 2.96. The second-order valence-electron chi connectivity index (χ2n) is 6.15. The number of carbonyl (C=O) groups is 1. The van der Waals surface area contributed by atoms with Gasteiger partial charge in [-0.05, 0) is 23.8 Å². The molecule has 1 heterocycles. The van der Waals surface area contributed by atoms with Gasteiger partial charge < -0.3 is 10.0 Å². The van der Waals surface area contributed by atoms with Gasteiger partial charge in [0.05, 0.1) is 18.4 Å². The first-order valence-electron chi connectivity index (χ1n) is 8.58. The van der Waals surface area contributed by atoms with Crippen LogP contribution >= 0.6 is 0 Å². The molecule has 0 atom stereocenters. The molecule has 0 spiro atoms. The van der Waals surface area contributed by atoms with Crippen molar-refractivity contribution in [2.24, 2.45) is 10.2 Å². The fourth-order valence-electron chi connectivity index (χ4n) is 3.03. The van der Waals surface area contributed by atoms with Crippen LogP contribution in [0.15, 0.2) is 89.1 Å². The second kappa shape index (κ2) is 7.25. The van der Waals surface area contributed by atoms with Gasteiger partial charge in [-0.15, -0.1) is 5.10 Å². The Balaban J connectivity index is 1.66. The molecular weight excluding hydrogens is 338 g/mol. The number of benzene rings is 3. The number of phenolic OH excluding ortho intramolecular Hbond substituents is 1. The zero-order valence-electron chi connectivity index (χ0n) is 14.5. The number of hydrogen-bond donors (Lipinski definition) is 1. The summed E-state index contributed by atoms with van der Waals surface area (Å²) >= 11 is 0. The van der Waals surface area contributed by atoms with Gasteiger partial charge in [-0.25, -0.2) is 0 Å². The number of phenols is 1. The average molecular weight is 355 g/mol. The normalized spacial score (nSPS) is 14.9. The van der Waals surface area contributed by atoms with E-state index in [4.69, 9.17) is 0 Å². The van der Waals surface area contributed by atoms with Gasteiger partial charge in [0, 0.05) is 11.1 Å². The predicted molar refractivity (Wildman–Crippen MR) is 106 cm³/mol. The lowest BCUT2D eigenvalue weighted by Crippen LogP contribution is -2.29. The second-order valence-corrected chi connectivity index (χ2v) is 6.15. The molecule has 1 aliphatic rings. The Labute approximate surface area is 156 Å². The molecule has 0 fully saturated rings. The number of rotatable bonds is 4. The summed E-state index contributed by atoms with van der Waals surface area (Å²) in [5, 5.41) is 18.0. The lowest BCUT2D eigenvalue weighted by atomic mass is 10.1. The summed E-state index contributed by atoms with van der Waals surface area (Å²) in [5.41, 5.74) is 3.46. The van der Waals surface area contributed by atoms with Crippen LogP contribution in [0.1, 0.15) is 16.7 Å². The van der Waals surface area contributed by atoms with Crippen molar-refractivity contribution in [1.82, 2.24) is 0 Å². The van der Waals surface area contributed by atoms with Crippen LogP contribution in [0.4, 0.5) is 5.69 Å². The summed E-state index contributed by atoms with van der Waals surface area (Å²) in [6.07, 6.45) is 1.44. The summed E-state index contributed by atoms with van der Waals surface area (Å²) in [6.45, 7) is 0.471. The third-order valence-corrected chi connectivity index (χ3v) is 4.37. The van der Waals surface area contributed by atoms with Crippen LogP contribution in [0.5, 0.6) is 5.75 Å². The molecule has 0 unspecified atom stereocenters. The highest BCUT2D eigenvalue weighted by Crippen LogP contribution is 2.30. The SMILES string of the molecule is O=C1/C(=N\N=C\c2ccccc2O)c2ccccc2N1Cc1ccccc1. The number of aromatic hydroxyl groups is 1. The van der Waals surface area contributed by atoms with E-state index in [0.717, 1.165) is 16.8 Å². The monoisotopic (exact) mass is 355 g/mol. The van der Waals surface area contributed by atoms with E-state index in [1.54, 1.807) is 29.2 Å². The van der Waals surface area contributed by atoms with E-state index in [-0.39, 0.29) is 11.7 Å². The third-order valence-electron chi connectivity index (χ3n) is 4.37. The zero-order valence-corrected chi connectivity index (χ0v) is 14.5. The predicted octanol–water partition coefficient (Wildman–Crippen LogP) is 3.76. The van der Waals surface area contributed by atoms with E-state index in [1.165, 1.54) is 6.21 Å². The summed E-state index contributed by atoms with van der Waals surface area (Å²) < 4.78 is 0. The Morgan fingerprint density at radius 3 is 2.41 bits per heavy atom. The van der Waals surface area contributed by atoms with Crippen molar-refractivity contribution in [3.63, 3.8) is 0 Å². The van der Waals surface area contributed by atoms with E-state index in [0.29, 0.717) is 17.8 Å². The van der Waals surface area contributed by atoms with Crippen molar-refractivity contribution in [2.75, 3.05) is 4.90 Å². The summed E-state index contributed by atoms with van der Waals surface area (Å²) in [5.74, 6) is -0.0696. The fourth-order valence-corrected chi connectivity index (χ4v) is 3.03. The molecule has 5 nitrogen and oxygen atoms in total. The zero-order chi connectivity index (χ0) is 18.6. The minimum absolute atomic E-state index is 0.116. The van der Waals surface area contributed by atoms with E-state index < -0.39 is 0 Å². The van der Waals surface area contributed by atoms with Crippen molar-refractivity contribution < 1.29 is 9.90 Å². The summed E-state index contributed by atoms with van der Waals surface area (Å²) in [7, 11) is 0. The van der Waals surface area contributed by atoms with Gasteiger partial charge >= 0.3 is 0 Å². The minimum Gasteiger partial charge on any atom is -0.507 e. The Bertz CT molecular complexity index is 1040. The summed E-state index contributed by atoms with van der Waals surface area (Å²) in [6, 6.07) is 24.2. The highest BCUT2D eigenvalue weighted by Gasteiger charge is 2.33. The largest absolute Gasteiger partial charge is 0.507 e. The van der Waals surface area contributed by atoms with Crippen LogP contribution in [0.25, 0.3) is 0 Å². The Morgan fingerprint density at radius 1 is 0.889 bits per heavy atom. The highest BCUT2D eigenvalue weighted by molar-refractivity contribution is 6.54. The van der Waals surface area contributed by atoms with Gasteiger partial charge in [0.1, 0.15) is 5.75 Å². The van der Waals surface area contributed by atoms with E-state index in [2.05, 4.69) is 10.2 Å². The smallest absolute Gasteiger partial charge is 0.279 e. The number of para-hydroxylation sites is 2. The number of hydrogen-bond acceptors (Lipinski definition) is 4. The maximum Gasteiger partial charge on any atom is 0.279 e. The molecular formula is C22H17N3O2. The number of nitrogens with zero attached hydrogens (tertiary/aromatic N) is 3. The molecule has 0 aromatic heterocycles. The van der Waals surface area contributed by atoms with Gasteiger partial charge in [-0.1, -0.05) is 60.7 Å². The molecule has 0 saturated carbocycles. The number of anilines is 1. The molecule has 3 aromatic rings. The molecule has 3 aromatic carbocycles. The van der Waals surface area contributed by atoms with Crippen molar-refractivity contribution in [2.45, 2.75) is 6.54 Å². The van der Waals surface area contributed by atoms with Crippen molar-refractivity contribution in [3.8, 4) is 5.75 Å². The van der Waals surface area contributed by atoms with Gasteiger partial charge in [-0.2, -0.15) is 5.10 Å². The maximum atomic E-state index is 12.9. The minimum atomic E-state index is -0.186. The van der Waals surface area contributed by atoms with E-state index >= 15 is 0 Å². The number of carbonyl (C=O) groups excluding carboxylic acids is 1. The van der Waals surface area contributed by atoms with Crippen LogP contribution in [0.3, 0.4) is 0 Å². The van der Waals surface area contributed by atoms with Crippen LogP contribution in [0.2, 0.25) is 0 Å². The molecule has 1 aliphatic heterocycles. The lowest BCUT2D eigenvalue weighted by Gasteiger charge is -2.16. The molecule has 0 aliphatic carbocycles. The molecule has 1 amide bonds. The maximum absolute atomic E-state index is 12.9. The first-order chi connectivity index (χ1) is 13.2. The molecule has 0 saturated heterocycles. The van der Waals surface area contributed by atoms with Crippen LogP contribution < -0.4 is 4.90 Å². The quantitative estimate of drug-likeness (QED) is 0.572. The number of fused-ring (bicyclic) bond motifs is 1.